The molecule has 1 N–H and O–H groups in total. The van der Waals surface area contributed by atoms with E-state index in [4.69, 9.17) is 11.6 Å². The lowest BCUT2D eigenvalue weighted by atomic mass is 10.2. The van der Waals surface area contributed by atoms with Crippen LogP contribution >= 0.6 is 50.2 Å². The second-order valence-electron chi connectivity index (χ2n) is 3.98. The third-order valence-corrected chi connectivity index (χ3v) is 6.58. The van der Waals surface area contributed by atoms with Gasteiger partial charge in [0, 0.05) is 15.4 Å². The van der Waals surface area contributed by atoms with Crippen LogP contribution in [0.1, 0.15) is 30.5 Å². The zero-order chi connectivity index (χ0) is 13.3. The summed E-state index contributed by atoms with van der Waals surface area (Å²) < 4.78 is 1.72. The van der Waals surface area contributed by atoms with Crippen LogP contribution in [0.25, 0.3) is 9.88 Å². The van der Waals surface area contributed by atoms with Crippen LogP contribution in [0, 0.1) is 6.92 Å². The predicted molar refractivity (Wildman–Crippen MR) is 85.0 cm³/mol. The summed E-state index contributed by atoms with van der Waals surface area (Å²) in [4.78, 5) is 7.07. The molecular formula is C12H14BrClN2S2. The molecule has 0 bridgehead atoms. The fourth-order valence-corrected chi connectivity index (χ4v) is 4.61. The molecule has 1 unspecified atom stereocenters. The molecule has 0 aliphatic heterocycles. The summed E-state index contributed by atoms with van der Waals surface area (Å²) in [5, 5.41) is 4.47. The normalized spacial score (nSPS) is 12.9. The van der Waals surface area contributed by atoms with Gasteiger partial charge in [-0.25, -0.2) is 4.98 Å². The van der Waals surface area contributed by atoms with E-state index >= 15 is 0 Å². The molecule has 6 heteroatoms. The largest absolute Gasteiger partial charge is 0.310 e. The van der Waals surface area contributed by atoms with Gasteiger partial charge < -0.3 is 5.32 Å². The lowest BCUT2D eigenvalue weighted by Gasteiger charge is -2.09. The van der Waals surface area contributed by atoms with Crippen molar-refractivity contribution in [3.8, 4) is 9.88 Å². The average Bonchev–Trinajstić information content (AvgIpc) is 2.84. The van der Waals surface area contributed by atoms with Gasteiger partial charge in [0.2, 0.25) is 0 Å². The second-order valence-corrected chi connectivity index (χ2v) is 7.52. The zero-order valence-electron chi connectivity index (χ0n) is 10.4. The molecule has 2 aromatic rings. The Bertz CT molecular complexity index is 531. The molecular weight excluding hydrogens is 352 g/mol. The van der Waals surface area contributed by atoms with Crippen molar-refractivity contribution >= 4 is 50.2 Å². The van der Waals surface area contributed by atoms with Gasteiger partial charge in [-0.2, -0.15) is 0 Å². The molecule has 0 spiro atoms. The Hall–Kier alpha value is 0.0600. The first-order valence-electron chi connectivity index (χ1n) is 5.68. The van der Waals surface area contributed by atoms with E-state index in [1.807, 2.05) is 6.07 Å². The Morgan fingerprint density at radius 1 is 1.50 bits per heavy atom. The zero-order valence-corrected chi connectivity index (χ0v) is 14.4. The van der Waals surface area contributed by atoms with Gasteiger partial charge in [0.1, 0.15) is 9.34 Å². The van der Waals surface area contributed by atoms with Gasteiger partial charge in [0.05, 0.1) is 10.6 Å². The number of nitrogens with zero attached hydrogens (tertiary/aromatic N) is 1. The average molecular weight is 366 g/mol. The number of hydrogen-bond acceptors (Lipinski definition) is 4. The molecule has 18 heavy (non-hydrogen) atoms. The molecule has 98 valence electrons. The van der Waals surface area contributed by atoms with Crippen molar-refractivity contribution in [1.82, 2.24) is 10.3 Å². The molecule has 0 fully saturated rings. The maximum absolute atomic E-state index is 6.07. The third-order valence-electron chi connectivity index (χ3n) is 2.59. The second kappa shape index (κ2) is 6.01. The molecule has 0 radical (unpaired) electrons. The van der Waals surface area contributed by atoms with E-state index in [1.54, 1.807) is 22.7 Å². The monoisotopic (exact) mass is 364 g/mol. The summed E-state index contributed by atoms with van der Waals surface area (Å²) in [7, 11) is 0. The number of hydrogen-bond donors (Lipinski definition) is 1. The summed E-state index contributed by atoms with van der Waals surface area (Å²) in [5.74, 6) is 0. The molecule has 2 heterocycles. The number of thiazole rings is 1. The Morgan fingerprint density at radius 3 is 2.78 bits per heavy atom. The summed E-state index contributed by atoms with van der Waals surface area (Å²) in [5.41, 5.74) is 1.10. The Balaban J connectivity index is 2.33. The highest BCUT2D eigenvalue weighted by atomic mass is 79.9. The summed E-state index contributed by atoms with van der Waals surface area (Å²) in [6, 6.07) is 2.38. The smallest absolute Gasteiger partial charge is 0.134 e. The van der Waals surface area contributed by atoms with Gasteiger partial charge in [0.15, 0.2) is 0 Å². The first-order chi connectivity index (χ1) is 8.52. The fraction of sp³-hybridized carbons (Fsp3) is 0.417. The highest BCUT2D eigenvalue weighted by Gasteiger charge is 2.16. The van der Waals surface area contributed by atoms with E-state index in [0.717, 1.165) is 30.9 Å². The minimum absolute atomic E-state index is 0.347. The van der Waals surface area contributed by atoms with Crippen molar-refractivity contribution in [2.75, 3.05) is 6.54 Å². The van der Waals surface area contributed by atoms with Crippen LogP contribution < -0.4 is 5.32 Å². The maximum Gasteiger partial charge on any atom is 0.134 e. The lowest BCUT2D eigenvalue weighted by Crippen LogP contribution is -2.17. The van der Waals surface area contributed by atoms with Crippen molar-refractivity contribution in [1.29, 1.82) is 0 Å². The van der Waals surface area contributed by atoms with E-state index in [9.17, 15) is 0 Å². The minimum Gasteiger partial charge on any atom is -0.310 e. The van der Waals surface area contributed by atoms with Crippen LogP contribution in [0.4, 0.5) is 0 Å². The predicted octanol–water partition coefficient (Wildman–Crippen LogP) is 5.27. The number of halogens is 2. The van der Waals surface area contributed by atoms with Gasteiger partial charge in [-0.05, 0) is 42.4 Å². The summed E-state index contributed by atoms with van der Waals surface area (Å²) >= 11 is 12.8. The molecule has 2 nitrogen and oxygen atoms in total. The minimum atomic E-state index is 0.347. The first kappa shape index (κ1) is 14.5. The summed E-state index contributed by atoms with van der Waals surface area (Å²) in [6.07, 6.45) is 0. The molecule has 0 saturated heterocycles. The van der Waals surface area contributed by atoms with E-state index in [-0.39, 0.29) is 0 Å². The topological polar surface area (TPSA) is 24.9 Å². The molecule has 0 saturated carbocycles. The standard InChI is InChI=1S/C12H14BrClN2S2/c1-4-15-6(2)10-7(3)16-12(18-10)9-5-8(13)11(14)17-9/h5-6,15H,4H2,1-3H3. The Morgan fingerprint density at radius 2 is 2.22 bits per heavy atom. The summed E-state index contributed by atoms with van der Waals surface area (Å²) in [6.45, 7) is 7.31. The first-order valence-corrected chi connectivity index (χ1v) is 8.49. The van der Waals surface area contributed by atoms with Crippen molar-refractivity contribution in [2.24, 2.45) is 0 Å². The van der Waals surface area contributed by atoms with E-state index < -0.39 is 0 Å². The van der Waals surface area contributed by atoms with E-state index in [1.165, 1.54) is 4.88 Å². The molecule has 2 rings (SSSR count). The van der Waals surface area contributed by atoms with Crippen molar-refractivity contribution < 1.29 is 0 Å². The van der Waals surface area contributed by atoms with Crippen LogP contribution in [0.3, 0.4) is 0 Å². The van der Waals surface area contributed by atoms with Gasteiger partial charge in [-0.1, -0.05) is 18.5 Å². The van der Waals surface area contributed by atoms with Gasteiger partial charge in [-0.3, -0.25) is 0 Å². The number of nitrogens with one attached hydrogen (secondary N) is 1. The Kier molecular flexibility index (Phi) is 4.83. The van der Waals surface area contributed by atoms with Crippen LogP contribution in [-0.2, 0) is 0 Å². The number of aromatic nitrogens is 1. The molecule has 2 aromatic heterocycles. The molecule has 1 atom stereocenters. The van der Waals surface area contributed by atoms with Crippen LogP contribution in [0.5, 0.6) is 0 Å². The highest BCUT2D eigenvalue weighted by molar-refractivity contribution is 9.10. The van der Waals surface area contributed by atoms with Crippen molar-refractivity contribution in [3.05, 3.63) is 25.4 Å². The van der Waals surface area contributed by atoms with Crippen LogP contribution in [0.2, 0.25) is 4.34 Å². The highest BCUT2D eigenvalue weighted by Crippen LogP contribution is 2.40. The molecule has 0 aliphatic rings. The van der Waals surface area contributed by atoms with Gasteiger partial charge in [-0.15, -0.1) is 22.7 Å². The van der Waals surface area contributed by atoms with E-state index in [2.05, 4.69) is 47.0 Å². The van der Waals surface area contributed by atoms with Gasteiger partial charge >= 0.3 is 0 Å². The van der Waals surface area contributed by atoms with E-state index in [0.29, 0.717) is 6.04 Å². The van der Waals surface area contributed by atoms with Crippen molar-refractivity contribution in [2.45, 2.75) is 26.8 Å². The Labute approximate surface area is 129 Å². The molecule has 0 amide bonds. The maximum atomic E-state index is 6.07. The number of rotatable bonds is 4. The lowest BCUT2D eigenvalue weighted by molar-refractivity contribution is 0.603. The van der Waals surface area contributed by atoms with Crippen LogP contribution in [-0.4, -0.2) is 11.5 Å². The SMILES string of the molecule is CCNC(C)c1sc(-c2cc(Br)c(Cl)s2)nc1C. The molecule has 0 aliphatic carbocycles. The molecule has 0 aromatic carbocycles. The number of thiophene rings is 1. The van der Waals surface area contributed by atoms with Crippen molar-refractivity contribution in [3.63, 3.8) is 0 Å². The fourth-order valence-electron chi connectivity index (χ4n) is 1.77. The van der Waals surface area contributed by atoms with Gasteiger partial charge in [0.25, 0.3) is 0 Å². The number of aryl methyl sites for hydroxylation is 1. The quantitative estimate of drug-likeness (QED) is 0.798. The third kappa shape index (κ3) is 2.96. The van der Waals surface area contributed by atoms with Crippen LogP contribution in [0.15, 0.2) is 10.5 Å².